The number of carbonyl (C=O) groups excluding carboxylic acids is 2. The second kappa shape index (κ2) is 7.76. The van der Waals surface area contributed by atoms with E-state index >= 15 is 0 Å². The van der Waals surface area contributed by atoms with E-state index in [0.29, 0.717) is 24.5 Å². The lowest BCUT2D eigenvalue weighted by molar-refractivity contribution is -0.112. The summed E-state index contributed by atoms with van der Waals surface area (Å²) in [5, 5.41) is 14.5. The molecule has 2 aliphatic heterocycles. The van der Waals surface area contributed by atoms with Crippen molar-refractivity contribution in [2.24, 2.45) is 0 Å². The molecule has 1 amide bonds. The minimum atomic E-state index is -0.874. The van der Waals surface area contributed by atoms with Crippen LogP contribution < -0.4 is 5.43 Å². The van der Waals surface area contributed by atoms with Gasteiger partial charge in [-0.3, -0.25) is 14.4 Å². The number of ketones is 1. The molecule has 0 radical (unpaired) electrons. The van der Waals surface area contributed by atoms with Crippen LogP contribution in [0.1, 0.15) is 40.0 Å². The van der Waals surface area contributed by atoms with E-state index in [0.717, 1.165) is 5.56 Å². The highest BCUT2D eigenvalue weighted by Gasteiger charge is 2.41. The molecule has 2 aromatic heterocycles. The number of rotatable bonds is 4. The molecule has 0 unspecified atom stereocenters. The van der Waals surface area contributed by atoms with E-state index in [2.05, 4.69) is 5.16 Å². The van der Waals surface area contributed by atoms with Crippen molar-refractivity contribution >= 4 is 11.7 Å². The first-order valence-corrected chi connectivity index (χ1v) is 10.4. The van der Waals surface area contributed by atoms with Crippen molar-refractivity contribution in [2.45, 2.75) is 38.6 Å². The van der Waals surface area contributed by atoms with Crippen molar-refractivity contribution in [2.75, 3.05) is 6.61 Å². The molecule has 2 aliphatic rings. The molecule has 0 saturated carbocycles. The lowest BCUT2D eigenvalue weighted by atomic mass is 10.0. The van der Waals surface area contributed by atoms with Crippen LogP contribution in [0.2, 0.25) is 0 Å². The molecular weight excluding hydrogens is 414 g/mol. The van der Waals surface area contributed by atoms with Crippen LogP contribution in [-0.2, 0) is 17.7 Å². The van der Waals surface area contributed by atoms with Crippen molar-refractivity contribution in [3.8, 4) is 17.0 Å². The van der Waals surface area contributed by atoms with Crippen molar-refractivity contribution in [1.29, 1.82) is 0 Å². The molecule has 2 atom stereocenters. The number of pyridine rings is 1. The summed E-state index contributed by atoms with van der Waals surface area (Å²) in [5.74, 6) is -1.45. The summed E-state index contributed by atoms with van der Waals surface area (Å²) in [6.07, 6.45) is 1.29. The summed E-state index contributed by atoms with van der Waals surface area (Å²) in [5.41, 5.74) is 0.209. The topological polar surface area (TPSA) is 115 Å². The molecule has 3 aromatic rings. The largest absolute Gasteiger partial charge is 0.503 e. The van der Waals surface area contributed by atoms with Gasteiger partial charge in [0.15, 0.2) is 23.5 Å². The van der Waals surface area contributed by atoms with Gasteiger partial charge in [0, 0.05) is 23.9 Å². The Kier molecular flexibility index (Phi) is 4.90. The highest BCUT2D eigenvalue weighted by Crippen LogP contribution is 2.29. The maximum Gasteiger partial charge on any atom is 0.276 e. The number of amides is 1. The van der Waals surface area contributed by atoms with Crippen LogP contribution in [0.4, 0.5) is 0 Å². The van der Waals surface area contributed by atoms with Crippen molar-refractivity contribution < 1.29 is 24.0 Å². The fraction of sp³-hybridized carbons (Fsp3) is 0.304. The highest BCUT2D eigenvalue weighted by molar-refractivity contribution is 6.00. The normalized spacial score (nSPS) is 20.0. The quantitative estimate of drug-likeness (QED) is 0.625. The van der Waals surface area contributed by atoms with Gasteiger partial charge in [0.05, 0.1) is 25.1 Å². The van der Waals surface area contributed by atoms with Crippen LogP contribution in [0.15, 0.2) is 51.9 Å². The third kappa shape index (κ3) is 3.31. The van der Waals surface area contributed by atoms with Crippen LogP contribution in [0.3, 0.4) is 0 Å². The van der Waals surface area contributed by atoms with Crippen LogP contribution in [0.5, 0.6) is 5.75 Å². The molecule has 9 nitrogen and oxygen atoms in total. The maximum absolute atomic E-state index is 13.0. The van der Waals surface area contributed by atoms with E-state index in [-0.39, 0.29) is 30.3 Å². The zero-order valence-electron chi connectivity index (χ0n) is 17.4. The average Bonchev–Trinajstić information content (AvgIpc) is 3.25. The van der Waals surface area contributed by atoms with E-state index in [1.54, 1.807) is 11.0 Å². The highest BCUT2D eigenvalue weighted by atomic mass is 16.5. The third-order valence-corrected chi connectivity index (χ3v) is 5.94. The smallest absolute Gasteiger partial charge is 0.276 e. The van der Waals surface area contributed by atoms with Gasteiger partial charge in [-0.15, -0.1) is 0 Å². The van der Waals surface area contributed by atoms with Crippen LogP contribution in [0, 0.1) is 0 Å². The van der Waals surface area contributed by atoms with Crippen molar-refractivity contribution in [3.63, 3.8) is 0 Å². The molecule has 1 aromatic carbocycles. The van der Waals surface area contributed by atoms with Gasteiger partial charge < -0.3 is 23.8 Å². The number of Topliss-reactive ketones (excluding diaryl/α,β-unsaturated/α-hetero) is 1. The minimum Gasteiger partial charge on any atom is -0.503 e. The molecule has 4 heterocycles. The zero-order valence-corrected chi connectivity index (χ0v) is 17.4. The van der Waals surface area contributed by atoms with Crippen LogP contribution in [-0.4, -0.2) is 50.3 Å². The number of aromatic nitrogens is 2. The van der Waals surface area contributed by atoms with E-state index in [4.69, 9.17) is 9.26 Å². The molecule has 164 valence electrons. The second-order valence-corrected chi connectivity index (χ2v) is 8.04. The molecule has 0 bridgehead atoms. The van der Waals surface area contributed by atoms with Crippen molar-refractivity contribution in [3.05, 3.63) is 69.8 Å². The Hall–Kier alpha value is -3.72. The standard InChI is InChI=1S/C23H21N3O6/c1-13-7-8-31-19-12-25-11-16(21(28)22(29)20(25)23(30)26(13)19)18(27)10-15-9-17(24-32-15)14-5-3-2-4-6-14/h2-6,9,11,13,19,29H,7-8,10,12H2,1H3/t13-,19+/m1/s1. The van der Waals surface area contributed by atoms with Crippen LogP contribution >= 0.6 is 0 Å². The SMILES string of the molecule is C[C@@H]1CCO[C@H]2Cn3cc(C(=O)Cc4cc(-c5ccccc5)no4)c(=O)c(O)c3C(=O)N12. The lowest BCUT2D eigenvalue weighted by Crippen LogP contribution is -2.57. The van der Waals surface area contributed by atoms with Gasteiger partial charge in [-0.1, -0.05) is 35.5 Å². The van der Waals surface area contributed by atoms with E-state index < -0.39 is 29.1 Å². The van der Waals surface area contributed by atoms with Gasteiger partial charge in [-0.2, -0.15) is 0 Å². The second-order valence-electron chi connectivity index (χ2n) is 8.04. The summed E-state index contributed by atoms with van der Waals surface area (Å²) in [4.78, 5) is 40.2. The first-order valence-electron chi connectivity index (χ1n) is 10.4. The predicted octanol–water partition coefficient (Wildman–Crippen LogP) is 2.23. The van der Waals surface area contributed by atoms with Gasteiger partial charge in [-0.05, 0) is 13.3 Å². The van der Waals surface area contributed by atoms with Crippen LogP contribution in [0.25, 0.3) is 11.3 Å². The number of ether oxygens (including phenoxy) is 1. The Morgan fingerprint density at radius 2 is 2.03 bits per heavy atom. The maximum atomic E-state index is 13.0. The Bertz CT molecular complexity index is 1260. The van der Waals surface area contributed by atoms with Gasteiger partial charge in [0.2, 0.25) is 5.43 Å². The first-order chi connectivity index (χ1) is 15.4. The predicted molar refractivity (Wildman–Crippen MR) is 112 cm³/mol. The fourth-order valence-corrected chi connectivity index (χ4v) is 4.25. The minimum absolute atomic E-state index is 0.0731. The molecule has 1 saturated heterocycles. The Morgan fingerprint density at radius 1 is 1.25 bits per heavy atom. The zero-order chi connectivity index (χ0) is 22.4. The third-order valence-electron chi connectivity index (χ3n) is 5.94. The number of fused-ring (bicyclic) bond motifs is 2. The number of hydrogen-bond acceptors (Lipinski definition) is 7. The summed E-state index contributed by atoms with van der Waals surface area (Å²) in [6, 6.07) is 10.9. The monoisotopic (exact) mass is 435 g/mol. The van der Waals surface area contributed by atoms with E-state index in [1.807, 2.05) is 37.3 Å². The summed E-state index contributed by atoms with van der Waals surface area (Å²) >= 11 is 0. The number of carbonyl (C=O) groups is 2. The first kappa shape index (κ1) is 20.2. The Balaban J connectivity index is 1.45. The number of aromatic hydroxyl groups is 1. The Labute approximate surface area is 182 Å². The van der Waals surface area contributed by atoms with Gasteiger partial charge in [0.25, 0.3) is 5.91 Å². The summed E-state index contributed by atoms with van der Waals surface area (Å²) in [6.45, 7) is 2.63. The molecule has 5 rings (SSSR count). The van der Waals surface area contributed by atoms with E-state index in [9.17, 15) is 19.5 Å². The number of benzene rings is 1. The molecular formula is C23H21N3O6. The van der Waals surface area contributed by atoms with Gasteiger partial charge in [0.1, 0.15) is 11.5 Å². The molecule has 0 spiro atoms. The summed E-state index contributed by atoms with van der Waals surface area (Å²) in [7, 11) is 0. The fourth-order valence-electron chi connectivity index (χ4n) is 4.25. The van der Waals surface area contributed by atoms with Crippen molar-refractivity contribution in [1.82, 2.24) is 14.6 Å². The molecule has 32 heavy (non-hydrogen) atoms. The Morgan fingerprint density at radius 3 is 2.81 bits per heavy atom. The lowest BCUT2D eigenvalue weighted by Gasteiger charge is -2.44. The van der Waals surface area contributed by atoms with E-state index in [1.165, 1.54) is 10.8 Å². The number of nitrogens with zero attached hydrogens (tertiary/aromatic N) is 3. The average molecular weight is 435 g/mol. The molecule has 1 fully saturated rings. The van der Waals surface area contributed by atoms with Gasteiger partial charge >= 0.3 is 0 Å². The number of hydrogen-bond donors (Lipinski definition) is 1. The molecule has 1 N–H and O–H groups in total. The summed E-state index contributed by atoms with van der Waals surface area (Å²) < 4.78 is 12.4. The molecule has 0 aliphatic carbocycles. The molecule has 9 heteroatoms. The van der Waals surface area contributed by atoms with Gasteiger partial charge in [-0.25, -0.2) is 0 Å².